The van der Waals surface area contributed by atoms with Gasteiger partial charge in [-0.25, -0.2) is 4.79 Å². The molecule has 0 heterocycles. The molecule has 0 aliphatic carbocycles. The third-order valence-electron chi connectivity index (χ3n) is 3.49. The standard InChI is InChI=1S/C18H16N2O5/c1-19(17(21)14-10-6-7-11-15(14)20(23)24)16(18(22)25-2)12-13-8-4-3-5-9-13/h3-12H,1-2H3/b16-12+. The van der Waals surface area contributed by atoms with Crippen molar-refractivity contribution in [3.8, 4) is 0 Å². The first-order valence-corrected chi connectivity index (χ1v) is 7.32. The number of rotatable bonds is 5. The molecule has 0 spiro atoms. The molecule has 0 saturated carbocycles. The van der Waals surface area contributed by atoms with Crippen molar-refractivity contribution in [2.75, 3.05) is 14.2 Å². The van der Waals surface area contributed by atoms with Crippen LogP contribution in [-0.2, 0) is 9.53 Å². The number of nitro benzene ring substituents is 1. The Morgan fingerprint density at radius 3 is 2.28 bits per heavy atom. The monoisotopic (exact) mass is 340 g/mol. The van der Waals surface area contributed by atoms with Gasteiger partial charge < -0.3 is 9.64 Å². The lowest BCUT2D eigenvalue weighted by atomic mass is 10.1. The summed E-state index contributed by atoms with van der Waals surface area (Å²) < 4.78 is 4.73. The van der Waals surface area contributed by atoms with E-state index in [0.717, 1.165) is 4.90 Å². The van der Waals surface area contributed by atoms with E-state index in [1.165, 1.54) is 44.5 Å². The van der Waals surface area contributed by atoms with Gasteiger partial charge in [0.05, 0.1) is 12.0 Å². The second-order valence-corrected chi connectivity index (χ2v) is 5.07. The average Bonchev–Trinajstić information content (AvgIpc) is 2.65. The van der Waals surface area contributed by atoms with E-state index >= 15 is 0 Å². The predicted molar refractivity (Wildman–Crippen MR) is 91.6 cm³/mol. The highest BCUT2D eigenvalue weighted by molar-refractivity contribution is 6.05. The number of amides is 1. The Morgan fingerprint density at radius 1 is 1.08 bits per heavy atom. The van der Waals surface area contributed by atoms with Gasteiger partial charge in [0.2, 0.25) is 0 Å². The molecule has 25 heavy (non-hydrogen) atoms. The van der Waals surface area contributed by atoms with Crippen LogP contribution < -0.4 is 0 Å². The quantitative estimate of drug-likeness (QED) is 0.361. The fraction of sp³-hybridized carbons (Fsp3) is 0.111. The highest BCUT2D eigenvalue weighted by Crippen LogP contribution is 2.22. The lowest BCUT2D eigenvalue weighted by Crippen LogP contribution is -2.31. The van der Waals surface area contributed by atoms with Crippen LogP contribution >= 0.6 is 0 Å². The van der Waals surface area contributed by atoms with Gasteiger partial charge in [-0.1, -0.05) is 42.5 Å². The van der Waals surface area contributed by atoms with Crippen LogP contribution in [0.1, 0.15) is 15.9 Å². The Bertz CT molecular complexity index is 830. The van der Waals surface area contributed by atoms with Crippen molar-refractivity contribution < 1.29 is 19.2 Å². The third kappa shape index (κ3) is 4.08. The van der Waals surface area contributed by atoms with Crippen LogP contribution in [-0.4, -0.2) is 35.9 Å². The van der Waals surface area contributed by atoms with Crippen LogP contribution in [0.25, 0.3) is 6.08 Å². The Hall–Kier alpha value is -3.48. The first-order valence-electron chi connectivity index (χ1n) is 7.32. The molecule has 7 heteroatoms. The number of carbonyl (C=O) groups excluding carboxylic acids is 2. The minimum atomic E-state index is -0.724. The number of hydrogen-bond acceptors (Lipinski definition) is 5. The zero-order valence-corrected chi connectivity index (χ0v) is 13.7. The van der Waals surface area contributed by atoms with Gasteiger partial charge in [-0.2, -0.15) is 0 Å². The van der Waals surface area contributed by atoms with E-state index < -0.39 is 16.8 Å². The topological polar surface area (TPSA) is 89.8 Å². The van der Waals surface area contributed by atoms with Gasteiger partial charge in [0.25, 0.3) is 11.6 Å². The van der Waals surface area contributed by atoms with E-state index in [0.29, 0.717) is 5.56 Å². The number of ether oxygens (including phenoxy) is 1. The minimum Gasteiger partial charge on any atom is -0.464 e. The molecule has 2 aromatic rings. The third-order valence-corrected chi connectivity index (χ3v) is 3.49. The van der Waals surface area contributed by atoms with Crippen molar-refractivity contribution in [1.29, 1.82) is 0 Å². The number of benzene rings is 2. The Labute approximate surface area is 144 Å². The van der Waals surface area contributed by atoms with E-state index in [1.807, 2.05) is 6.07 Å². The number of nitrogens with zero attached hydrogens (tertiary/aromatic N) is 2. The van der Waals surface area contributed by atoms with E-state index in [4.69, 9.17) is 4.74 Å². The molecule has 0 atom stereocenters. The molecule has 0 aliphatic heterocycles. The predicted octanol–water partition coefficient (Wildman–Crippen LogP) is 2.88. The van der Waals surface area contributed by atoms with Gasteiger partial charge >= 0.3 is 5.97 Å². The number of para-hydroxylation sites is 1. The smallest absolute Gasteiger partial charge is 0.354 e. The zero-order valence-electron chi connectivity index (χ0n) is 13.7. The van der Waals surface area contributed by atoms with Crippen molar-refractivity contribution >= 4 is 23.6 Å². The highest BCUT2D eigenvalue weighted by Gasteiger charge is 2.27. The molecule has 0 unspecified atom stereocenters. The highest BCUT2D eigenvalue weighted by atomic mass is 16.6. The van der Waals surface area contributed by atoms with Crippen LogP contribution in [0.15, 0.2) is 60.3 Å². The lowest BCUT2D eigenvalue weighted by molar-refractivity contribution is -0.385. The van der Waals surface area contributed by atoms with Crippen LogP contribution in [0, 0.1) is 10.1 Å². The first-order chi connectivity index (χ1) is 12.0. The Morgan fingerprint density at radius 2 is 1.68 bits per heavy atom. The van der Waals surface area contributed by atoms with E-state index in [9.17, 15) is 19.7 Å². The number of methoxy groups -OCH3 is 1. The van der Waals surface area contributed by atoms with E-state index in [2.05, 4.69) is 0 Å². The maximum absolute atomic E-state index is 12.7. The van der Waals surface area contributed by atoms with E-state index in [-0.39, 0.29) is 16.9 Å². The molecule has 0 radical (unpaired) electrons. The molecule has 2 rings (SSSR count). The summed E-state index contributed by atoms with van der Waals surface area (Å²) in [5.74, 6) is -1.40. The molecule has 0 N–H and O–H groups in total. The molecule has 0 bridgehead atoms. The number of likely N-dealkylation sites (N-methyl/N-ethyl adjacent to an activating group) is 1. The summed E-state index contributed by atoms with van der Waals surface area (Å²) in [5.41, 5.74) is 0.211. The summed E-state index contributed by atoms with van der Waals surface area (Å²) in [6, 6.07) is 14.5. The average molecular weight is 340 g/mol. The fourth-order valence-corrected chi connectivity index (χ4v) is 2.21. The maximum atomic E-state index is 12.7. The molecule has 1 amide bonds. The lowest BCUT2D eigenvalue weighted by Gasteiger charge is -2.19. The van der Waals surface area contributed by atoms with Crippen molar-refractivity contribution in [2.24, 2.45) is 0 Å². The van der Waals surface area contributed by atoms with Gasteiger partial charge in [-0.05, 0) is 17.7 Å². The number of nitro groups is 1. The van der Waals surface area contributed by atoms with Gasteiger partial charge in [0.15, 0.2) is 0 Å². The van der Waals surface area contributed by atoms with Crippen LogP contribution in [0.2, 0.25) is 0 Å². The Balaban J connectivity index is 2.45. The number of esters is 1. The molecule has 0 saturated heterocycles. The molecular weight excluding hydrogens is 324 g/mol. The summed E-state index contributed by atoms with van der Waals surface area (Å²) in [5, 5.41) is 11.1. The summed E-state index contributed by atoms with van der Waals surface area (Å²) in [4.78, 5) is 36.3. The van der Waals surface area contributed by atoms with Crippen LogP contribution in [0.5, 0.6) is 0 Å². The summed E-state index contributed by atoms with van der Waals surface area (Å²) in [6.07, 6.45) is 1.48. The fourth-order valence-electron chi connectivity index (χ4n) is 2.21. The zero-order chi connectivity index (χ0) is 18.4. The second-order valence-electron chi connectivity index (χ2n) is 5.07. The molecule has 7 nitrogen and oxygen atoms in total. The first kappa shape index (κ1) is 17.9. The molecule has 0 fully saturated rings. The van der Waals surface area contributed by atoms with Gasteiger partial charge in [-0.3, -0.25) is 14.9 Å². The van der Waals surface area contributed by atoms with Crippen molar-refractivity contribution in [1.82, 2.24) is 4.90 Å². The molecule has 0 aromatic heterocycles. The van der Waals surface area contributed by atoms with Crippen molar-refractivity contribution in [3.63, 3.8) is 0 Å². The summed E-state index contributed by atoms with van der Waals surface area (Å²) >= 11 is 0. The normalized spacial score (nSPS) is 10.9. The largest absolute Gasteiger partial charge is 0.464 e. The number of carbonyl (C=O) groups is 2. The summed E-state index contributed by atoms with van der Waals surface area (Å²) in [7, 11) is 2.56. The molecule has 128 valence electrons. The van der Waals surface area contributed by atoms with Crippen molar-refractivity contribution in [2.45, 2.75) is 0 Å². The molecule has 0 aliphatic rings. The van der Waals surface area contributed by atoms with Gasteiger partial charge in [-0.15, -0.1) is 0 Å². The molecular formula is C18H16N2O5. The Kier molecular flexibility index (Phi) is 5.62. The maximum Gasteiger partial charge on any atom is 0.354 e. The minimum absolute atomic E-state index is 0.0307. The SMILES string of the molecule is COC(=O)/C(=C\c1ccccc1)N(C)C(=O)c1ccccc1[N+](=O)[O-]. The van der Waals surface area contributed by atoms with E-state index in [1.54, 1.807) is 24.3 Å². The number of hydrogen-bond donors (Lipinski definition) is 0. The van der Waals surface area contributed by atoms with Crippen LogP contribution in [0.4, 0.5) is 5.69 Å². The summed E-state index contributed by atoms with van der Waals surface area (Å²) in [6.45, 7) is 0. The van der Waals surface area contributed by atoms with Crippen LogP contribution in [0.3, 0.4) is 0 Å². The van der Waals surface area contributed by atoms with Crippen molar-refractivity contribution in [3.05, 3.63) is 81.5 Å². The molecule has 2 aromatic carbocycles. The second kappa shape index (κ2) is 7.87. The van der Waals surface area contributed by atoms with Gasteiger partial charge in [0.1, 0.15) is 11.3 Å². The van der Waals surface area contributed by atoms with Gasteiger partial charge in [0, 0.05) is 13.1 Å².